The van der Waals surface area contributed by atoms with E-state index in [0.717, 1.165) is 32.2 Å². The second kappa shape index (κ2) is 10.9. The average molecular weight is 405 g/mol. The van der Waals surface area contributed by atoms with Crippen LogP contribution in [0.15, 0.2) is 12.1 Å². The smallest absolute Gasteiger partial charge is 0.254 e. The predicted molar refractivity (Wildman–Crippen MR) is 108 cm³/mol. The van der Waals surface area contributed by atoms with Gasteiger partial charge in [-0.3, -0.25) is 4.79 Å². The van der Waals surface area contributed by atoms with E-state index < -0.39 is 0 Å². The zero-order valence-electron chi connectivity index (χ0n) is 15.8. The van der Waals surface area contributed by atoms with E-state index in [-0.39, 0.29) is 24.4 Å². The molecule has 1 aliphatic rings. The van der Waals surface area contributed by atoms with Crippen LogP contribution >= 0.6 is 24.0 Å². The molecule has 0 radical (unpaired) electrons. The van der Waals surface area contributed by atoms with Crippen LogP contribution in [0.5, 0.6) is 11.5 Å². The van der Waals surface area contributed by atoms with E-state index in [1.54, 1.807) is 19.2 Å². The first-order valence-corrected chi connectivity index (χ1v) is 9.37. The van der Waals surface area contributed by atoms with Gasteiger partial charge in [-0.1, -0.05) is 25.4 Å². The van der Waals surface area contributed by atoms with Crippen molar-refractivity contribution in [3.05, 3.63) is 22.7 Å². The summed E-state index contributed by atoms with van der Waals surface area (Å²) in [6, 6.07) is 3.47. The fraction of sp³-hybridized carbons (Fsp3) is 0.632. The summed E-state index contributed by atoms with van der Waals surface area (Å²) < 4.78 is 11.2. The number of carbonyl (C=O) groups is 1. The van der Waals surface area contributed by atoms with Gasteiger partial charge in [0.05, 0.1) is 18.7 Å². The normalized spacial score (nSPS) is 17.0. The van der Waals surface area contributed by atoms with Crippen LogP contribution < -0.4 is 15.2 Å². The van der Waals surface area contributed by atoms with Gasteiger partial charge in [-0.25, -0.2) is 0 Å². The minimum Gasteiger partial charge on any atom is -0.493 e. The summed E-state index contributed by atoms with van der Waals surface area (Å²) in [5, 5.41) is 0.396. The molecule has 7 heteroatoms. The van der Waals surface area contributed by atoms with Crippen LogP contribution in [0.3, 0.4) is 0 Å². The molecule has 1 aromatic carbocycles. The van der Waals surface area contributed by atoms with Crippen molar-refractivity contribution in [1.29, 1.82) is 0 Å². The number of likely N-dealkylation sites (tertiary alicyclic amines) is 1. The zero-order chi connectivity index (χ0) is 18.4. The molecule has 0 spiro atoms. The summed E-state index contributed by atoms with van der Waals surface area (Å²) in [6.07, 6.45) is 3.98. The molecule has 1 aromatic rings. The van der Waals surface area contributed by atoms with E-state index in [0.29, 0.717) is 41.2 Å². The number of benzene rings is 1. The average Bonchev–Trinajstić information content (AvgIpc) is 2.61. The summed E-state index contributed by atoms with van der Waals surface area (Å²) in [5.41, 5.74) is 6.35. The van der Waals surface area contributed by atoms with Gasteiger partial charge in [0.15, 0.2) is 11.5 Å². The van der Waals surface area contributed by atoms with Crippen LogP contribution in [0.1, 0.15) is 49.9 Å². The van der Waals surface area contributed by atoms with Crippen molar-refractivity contribution in [2.45, 2.75) is 45.6 Å². The van der Waals surface area contributed by atoms with Crippen LogP contribution in [0, 0.1) is 5.92 Å². The number of methoxy groups -OCH3 is 1. The molecule has 0 bridgehead atoms. The lowest BCUT2D eigenvalue weighted by Gasteiger charge is -2.35. The second-order valence-corrected chi connectivity index (χ2v) is 7.31. The topological polar surface area (TPSA) is 64.8 Å². The Labute approximate surface area is 167 Å². The number of halogens is 2. The molecule has 1 fully saturated rings. The molecule has 1 unspecified atom stereocenters. The lowest BCUT2D eigenvalue weighted by molar-refractivity contribution is 0.0623. The van der Waals surface area contributed by atoms with Crippen LogP contribution in [0.2, 0.25) is 5.02 Å². The Kier molecular flexibility index (Phi) is 9.55. The molecule has 0 aromatic heterocycles. The van der Waals surface area contributed by atoms with Gasteiger partial charge in [0.2, 0.25) is 0 Å². The standard InChI is InChI=1S/C19H29ClN2O3.ClH/c1-13(2)7-9-25-18-16(20)10-14(11-17(18)24-3)19(23)22-8-5-4-6-15(22)12-21;/h10-11,13,15H,4-9,12,21H2,1-3H3;1H. The molecule has 2 rings (SSSR count). The molecule has 1 atom stereocenters. The van der Waals surface area contributed by atoms with Crippen molar-refractivity contribution >= 4 is 29.9 Å². The summed E-state index contributed by atoms with van der Waals surface area (Å²) in [5.74, 6) is 1.47. The summed E-state index contributed by atoms with van der Waals surface area (Å²) in [7, 11) is 1.55. The van der Waals surface area contributed by atoms with Crippen LogP contribution in [-0.4, -0.2) is 43.7 Å². The van der Waals surface area contributed by atoms with Gasteiger partial charge in [-0.05, 0) is 43.7 Å². The van der Waals surface area contributed by atoms with Gasteiger partial charge in [-0.2, -0.15) is 0 Å². The highest BCUT2D eigenvalue weighted by Crippen LogP contribution is 2.37. The highest BCUT2D eigenvalue weighted by molar-refractivity contribution is 6.32. The number of carbonyl (C=O) groups excluding carboxylic acids is 1. The van der Waals surface area contributed by atoms with Gasteiger partial charge < -0.3 is 20.1 Å². The van der Waals surface area contributed by atoms with Crippen molar-refractivity contribution in [3.63, 3.8) is 0 Å². The predicted octanol–water partition coefficient (Wildman–Crippen LogP) is 4.15. The quantitative estimate of drug-likeness (QED) is 0.740. The van der Waals surface area contributed by atoms with E-state index in [9.17, 15) is 4.79 Å². The number of nitrogens with two attached hydrogens (primary N) is 1. The third-order valence-electron chi connectivity index (χ3n) is 4.58. The maximum atomic E-state index is 12.9. The molecule has 0 aliphatic carbocycles. The lowest BCUT2D eigenvalue weighted by Crippen LogP contribution is -2.47. The highest BCUT2D eigenvalue weighted by Gasteiger charge is 2.27. The Morgan fingerprint density at radius 2 is 2.12 bits per heavy atom. The van der Waals surface area contributed by atoms with Crippen molar-refractivity contribution in [3.8, 4) is 11.5 Å². The SMILES string of the molecule is COc1cc(C(=O)N2CCCCC2CN)cc(Cl)c1OCCC(C)C.Cl. The Hall–Kier alpha value is -1.17. The molecular formula is C19H30Cl2N2O3. The summed E-state index contributed by atoms with van der Waals surface area (Å²) in [6.45, 7) is 6.04. The van der Waals surface area contributed by atoms with Crippen molar-refractivity contribution < 1.29 is 14.3 Å². The first kappa shape index (κ1) is 22.9. The monoisotopic (exact) mass is 404 g/mol. The van der Waals surface area contributed by atoms with Gasteiger partial charge in [0, 0.05) is 24.7 Å². The third kappa shape index (κ3) is 5.66. The Balaban J connectivity index is 0.00000338. The number of piperidine rings is 1. The molecule has 2 N–H and O–H groups in total. The Bertz CT molecular complexity index is 596. The fourth-order valence-electron chi connectivity index (χ4n) is 3.06. The van der Waals surface area contributed by atoms with Gasteiger partial charge >= 0.3 is 0 Å². The lowest BCUT2D eigenvalue weighted by atomic mass is 10.0. The summed E-state index contributed by atoms with van der Waals surface area (Å²) >= 11 is 6.38. The molecule has 1 heterocycles. The minimum absolute atomic E-state index is 0. The molecule has 1 saturated heterocycles. The molecule has 1 amide bonds. The van der Waals surface area contributed by atoms with E-state index in [1.807, 2.05) is 4.90 Å². The number of rotatable bonds is 7. The number of hydrogen-bond donors (Lipinski definition) is 1. The van der Waals surface area contributed by atoms with E-state index >= 15 is 0 Å². The molecule has 0 saturated carbocycles. The third-order valence-corrected chi connectivity index (χ3v) is 4.86. The first-order chi connectivity index (χ1) is 12.0. The van der Waals surface area contributed by atoms with Gasteiger partial charge in [0.25, 0.3) is 5.91 Å². The van der Waals surface area contributed by atoms with Gasteiger partial charge in [-0.15, -0.1) is 12.4 Å². The minimum atomic E-state index is -0.0518. The number of amides is 1. The van der Waals surface area contributed by atoms with Crippen LogP contribution in [0.4, 0.5) is 0 Å². The number of nitrogens with zero attached hydrogens (tertiary/aromatic N) is 1. The zero-order valence-corrected chi connectivity index (χ0v) is 17.4. The largest absolute Gasteiger partial charge is 0.493 e. The molecular weight excluding hydrogens is 375 g/mol. The number of hydrogen-bond acceptors (Lipinski definition) is 4. The fourth-order valence-corrected chi connectivity index (χ4v) is 3.32. The van der Waals surface area contributed by atoms with Gasteiger partial charge in [0.1, 0.15) is 0 Å². The van der Waals surface area contributed by atoms with Crippen molar-refractivity contribution in [1.82, 2.24) is 4.90 Å². The highest BCUT2D eigenvalue weighted by atomic mass is 35.5. The Morgan fingerprint density at radius 1 is 1.38 bits per heavy atom. The molecule has 1 aliphatic heterocycles. The Morgan fingerprint density at radius 3 is 2.73 bits per heavy atom. The molecule has 148 valence electrons. The second-order valence-electron chi connectivity index (χ2n) is 6.90. The molecule has 26 heavy (non-hydrogen) atoms. The molecule has 5 nitrogen and oxygen atoms in total. The van der Waals surface area contributed by atoms with E-state index in [1.165, 1.54) is 0 Å². The number of ether oxygens (including phenoxy) is 2. The van der Waals surface area contributed by atoms with Crippen molar-refractivity contribution in [2.24, 2.45) is 11.7 Å². The summed E-state index contributed by atoms with van der Waals surface area (Å²) in [4.78, 5) is 14.8. The first-order valence-electron chi connectivity index (χ1n) is 8.99. The van der Waals surface area contributed by atoms with Crippen molar-refractivity contribution in [2.75, 3.05) is 26.8 Å². The van der Waals surface area contributed by atoms with Crippen LogP contribution in [-0.2, 0) is 0 Å². The van der Waals surface area contributed by atoms with E-state index in [2.05, 4.69) is 13.8 Å². The maximum Gasteiger partial charge on any atom is 0.254 e. The van der Waals surface area contributed by atoms with E-state index in [4.69, 9.17) is 26.8 Å². The maximum absolute atomic E-state index is 12.9. The van der Waals surface area contributed by atoms with Crippen LogP contribution in [0.25, 0.3) is 0 Å².